The van der Waals surface area contributed by atoms with Gasteiger partial charge in [-0.25, -0.2) is 4.79 Å². The van der Waals surface area contributed by atoms with Gasteiger partial charge in [-0.05, 0) is 37.1 Å². The SMILES string of the molecule is CNC(=O)c1ccc(NC2CCN(C(N)=O)CC2)cc1. The standard InChI is InChI=1S/C14H20N4O2/c1-16-13(19)10-2-4-11(5-3-10)17-12-6-8-18(9-7-12)14(15)20/h2-5,12,17H,6-9H2,1H3,(H2,15,20)(H,16,19). The van der Waals surface area contributed by atoms with Gasteiger partial charge < -0.3 is 21.3 Å². The number of carbonyl (C=O) groups is 2. The number of hydrogen-bond donors (Lipinski definition) is 3. The first-order chi connectivity index (χ1) is 9.60. The van der Waals surface area contributed by atoms with E-state index in [0.717, 1.165) is 18.5 Å². The first-order valence-corrected chi connectivity index (χ1v) is 6.73. The zero-order valence-corrected chi connectivity index (χ0v) is 11.6. The van der Waals surface area contributed by atoms with Gasteiger partial charge in [0, 0.05) is 37.4 Å². The van der Waals surface area contributed by atoms with Gasteiger partial charge in [0.25, 0.3) is 5.91 Å². The van der Waals surface area contributed by atoms with Crippen molar-refractivity contribution >= 4 is 17.6 Å². The van der Waals surface area contributed by atoms with Crippen LogP contribution >= 0.6 is 0 Å². The zero-order chi connectivity index (χ0) is 14.5. The van der Waals surface area contributed by atoms with E-state index in [9.17, 15) is 9.59 Å². The lowest BCUT2D eigenvalue weighted by Crippen LogP contribution is -2.44. The number of piperidine rings is 1. The minimum Gasteiger partial charge on any atom is -0.382 e. The number of anilines is 1. The van der Waals surface area contributed by atoms with Gasteiger partial charge in [0.2, 0.25) is 0 Å². The summed E-state index contributed by atoms with van der Waals surface area (Å²) in [5, 5.41) is 6.00. The number of carbonyl (C=O) groups excluding carboxylic acids is 2. The summed E-state index contributed by atoms with van der Waals surface area (Å²) in [5.41, 5.74) is 6.87. The summed E-state index contributed by atoms with van der Waals surface area (Å²) in [7, 11) is 1.61. The number of nitrogens with one attached hydrogen (secondary N) is 2. The Balaban J connectivity index is 1.88. The number of urea groups is 1. The van der Waals surface area contributed by atoms with Crippen molar-refractivity contribution in [1.29, 1.82) is 0 Å². The third-order valence-electron chi connectivity index (χ3n) is 3.55. The number of nitrogens with zero attached hydrogens (tertiary/aromatic N) is 1. The molecule has 0 bridgehead atoms. The lowest BCUT2D eigenvalue weighted by atomic mass is 10.0. The van der Waals surface area contributed by atoms with E-state index < -0.39 is 0 Å². The first kappa shape index (κ1) is 14.2. The summed E-state index contributed by atoms with van der Waals surface area (Å²) in [4.78, 5) is 24.1. The van der Waals surface area contributed by atoms with Crippen molar-refractivity contribution in [3.05, 3.63) is 29.8 Å². The topological polar surface area (TPSA) is 87.5 Å². The molecule has 3 amide bonds. The molecule has 0 atom stereocenters. The second kappa shape index (κ2) is 6.27. The highest BCUT2D eigenvalue weighted by Gasteiger charge is 2.20. The third kappa shape index (κ3) is 3.40. The lowest BCUT2D eigenvalue weighted by molar-refractivity contribution is 0.0963. The Hall–Kier alpha value is -2.24. The van der Waals surface area contributed by atoms with Crippen LogP contribution in [0.15, 0.2) is 24.3 Å². The smallest absolute Gasteiger partial charge is 0.314 e. The van der Waals surface area contributed by atoms with E-state index in [2.05, 4.69) is 10.6 Å². The Kier molecular flexibility index (Phi) is 4.45. The van der Waals surface area contributed by atoms with Crippen LogP contribution in [0.5, 0.6) is 0 Å². The fraction of sp³-hybridized carbons (Fsp3) is 0.429. The van der Waals surface area contributed by atoms with E-state index >= 15 is 0 Å². The molecule has 6 nitrogen and oxygen atoms in total. The fourth-order valence-corrected chi connectivity index (χ4v) is 2.34. The first-order valence-electron chi connectivity index (χ1n) is 6.73. The van der Waals surface area contributed by atoms with Gasteiger partial charge >= 0.3 is 6.03 Å². The Morgan fingerprint density at radius 3 is 2.30 bits per heavy atom. The van der Waals surface area contributed by atoms with Crippen LogP contribution in [0.3, 0.4) is 0 Å². The normalized spacial score (nSPS) is 15.8. The van der Waals surface area contributed by atoms with Crippen molar-refractivity contribution < 1.29 is 9.59 Å². The minimum absolute atomic E-state index is 0.0914. The molecule has 0 aliphatic carbocycles. The maximum atomic E-state index is 11.4. The second-order valence-electron chi connectivity index (χ2n) is 4.90. The molecule has 1 fully saturated rings. The number of benzene rings is 1. The lowest BCUT2D eigenvalue weighted by Gasteiger charge is -2.31. The molecule has 6 heteroatoms. The molecule has 0 aromatic heterocycles. The number of primary amides is 1. The maximum absolute atomic E-state index is 11.4. The molecule has 1 aliphatic heterocycles. The van der Waals surface area contributed by atoms with Crippen LogP contribution in [-0.2, 0) is 0 Å². The highest BCUT2D eigenvalue weighted by molar-refractivity contribution is 5.94. The van der Waals surface area contributed by atoms with Gasteiger partial charge in [-0.2, -0.15) is 0 Å². The van der Waals surface area contributed by atoms with Crippen LogP contribution in [-0.4, -0.2) is 43.0 Å². The van der Waals surface area contributed by atoms with E-state index in [0.29, 0.717) is 24.7 Å². The van der Waals surface area contributed by atoms with Crippen LogP contribution in [0.1, 0.15) is 23.2 Å². The van der Waals surface area contributed by atoms with Crippen molar-refractivity contribution in [2.75, 3.05) is 25.5 Å². The van der Waals surface area contributed by atoms with Crippen molar-refractivity contribution in [3.63, 3.8) is 0 Å². The molecule has 1 aromatic rings. The average molecular weight is 276 g/mol. The highest BCUT2D eigenvalue weighted by atomic mass is 16.2. The maximum Gasteiger partial charge on any atom is 0.314 e. The molecule has 20 heavy (non-hydrogen) atoms. The van der Waals surface area contributed by atoms with Gasteiger partial charge in [0.05, 0.1) is 0 Å². The van der Waals surface area contributed by atoms with Gasteiger partial charge in [0.15, 0.2) is 0 Å². The molecule has 2 rings (SSSR count). The van der Waals surface area contributed by atoms with Crippen LogP contribution in [0.25, 0.3) is 0 Å². The molecule has 1 heterocycles. The summed E-state index contributed by atoms with van der Waals surface area (Å²) in [5.74, 6) is -0.0914. The van der Waals surface area contributed by atoms with E-state index in [-0.39, 0.29) is 11.9 Å². The summed E-state index contributed by atoms with van der Waals surface area (Å²) in [6.45, 7) is 1.37. The average Bonchev–Trinajstić information content (AvgIpc) is 2.48. The van der Waals surface area contributed by atoms with E-state index in [4.69, 9.17) is 5.73 Å². The van der Waals surface area contributed by atoms with Crippen LogP contribution in [0.2, 0.25) is 0 Å². The molecule has 1 aliphatic rings. The Morgan fingerprint density at radius 2 is 1.80 bits per heavy atom. The predicted octanol–water partition coefficient (Wildman–Crippen LogP) is 1.00. The molecular weight excluding hydrogens is 256 g/mol. The summed E-state index contributed by atoms with van der Waals surface area (Å²) >= 11 is 0. The number of likely N-dealkylation sites (tertiary alicyclic amines) is 1. The highest BCUT2D eigenvalue weighted by Crippen LogP contribution is 2.17. The summed E-state index contributed by atoms with van der Waals surface area (Å²) in [6, 6.07) is 7.35. The molecule has 0 spiro atoms. The Morgan fingerprint density at radius 1 is 1.20 bits per heavy atom. The van der Waals surface area contributed by atoms with Crippen molar-refractivity contribution in [3.8, 4) is 0 Å². The van der Waals surface area contributed by atoms with Crippen LogP contribution in [0.4, 0.5) is 10.5 Å². The Bertz CT molecular complexity index is 478. The Labute approximate surface area is 118 Å². The monoisotopic (exact) mass is 276 g/mol. The molecule has 4 N–H and O–H groups in total. The van der Waals surface area contributed by atoms with E-state index in [1.807, 2.05) is 12.1 Å². The fourth-order valence-electron chi connectivity index (χ4n) is 2.34. The van der Waals surface area contributed by atoms with Crippen LogP contribution < -0.4 is 16.4 Å². The van der Waals surface area contributed by atoms with Crippen LogP contribution in [0, 0.1) is 0 Å². The zero-order valence-electron chi connectivity index (χ0n) is 11.6. The molecule has 108 valence electrons. The number of nitrogens with two attached hydrogens (primary N) is 1. The molecule has 0 unspecified atom stereocenters. The molecule has 0 radical (unpaired) electrons. The summed E-state index contributed by atoms with van der Waals surface area (Å²) < 4.78 is 0. The molecule has 0 saturated carbocycles. The number of rotatable bonds is 3. The number of amides is 3. The van der Waals surface area contributed by atoms with Crippen molar-refractivity contribution in [1.82, 2.24) is 10.2 Å². The van der Waals surface area contributed by atoms with E-state index in [1.54, 1.807) is 24.1 Å². The minimum atomic E-state index is -0.349. The number of hydrogen-bond acceptors (Lipinski definition) is 3. The van der Waals surface area contributed by atoms with Crippen molar-refractivity contribution in [2.24, 2.45) is 5.73 Å². The largest absolute Gasteiger partial charge is 0.382 e. The van der Waals surface area contributed by atoms with Gasteiger partial charge in [-0.15, -0.1) is 0 Å². The van der Waals surface area contributed by atoms with E-state index in [1.165, 1.54) is 0 Å². The quantitative estimate of drug-likeness (QED) is 0.769. The summed E-state index contributed by atoms with van der Waals surface area (Å²) in [6.07, 6.45) is 1.75. The molecule has 1 saturated heterocycles. The second-order valence-corrected chi connectivity index (χ2v) is 4.90. The third-order valence-corrected chi connectivity index (χ3v) is 3.55. The van der Waals surface area contributed by atoms with Crippen molar-refractivity contribution in [2.45, 2.75) is 18.9 Å². The van der Waals surface area contributed by atoms with Gasteiger partial charge in [0.1, 0.15) is 0 Å². The predicted molar refractivity (Wildman–Crippen MR) is 77.6 cm³/mol. The molecule has 1 aromatic carbocycles. The van der Waals surface area contributed by atoms with Gasteiger partial charge in [-0.3, -0.25) is 4.79 Å². The molecular formula is C14H20N4O2. The van der Waals surface area contributed by atoms with Gasteiger partial charge in [-0.1, -0.05) is 0 Å².